The van der Waals surface area contributed by atoms with Crippen LogP contribution < -0.4 is 10.0 Å². The van der Waals surface area contributed by atoms with E-state index in [-0.39, 0.29) is 5.56 Å². The van der Waals surface area contributed by atoms with Crippen LogP contribution in [0, 0.1) is 35.5 Å². The molecular formula is C31H36NO2-. The zero-order valence-corrected chi connectivity index (χ0v) is 20.2. The van der Waals surface area contributed by atoms with Crippen LogP contribution in [0.3, 0.4) is 0 Å². The summed E-state index contributed by atoms with van der Waals surface area (Å²) in [5.74, 6) is 4.54. The third-order valence-corrected chi connectivity index (χ3v) is 11.3. The van der Waals surface area contributed by atoms with Gasteiger partial charge in [-0.15, -0.1) is 0 Å². The molecule has 0 atom stereocenters. The smallest absolute Gasteiger partial charge is 0.0715 e. The minimum atomic E-state index is -1.09. The number of carboxylic acid groups (broad SMARTS) is 1. The number of fused-ring (bicyclic) bond motifs is 1. The van der Waals surface area contributed by atoms with Crippen molar-refractivity contribution in [1.29, 1.82) is 0 Å². The van der Waals surface area contributed by atoms with Gasteiger partial charge in [-0.05, 0) is 147 Å². The van der Waals surface area contributed by atoms with Gasteiger partial charge in [0.1, 0.15) is 0 Å². The van der Waals surface area contributed by atoms with Gasteiger partial charge in [-0.3, -0.25) is 0 Å². The highest BCUT2D eigenvalue weighted by atomic mass is 16.4. The number of nitrogens with zero attached hydrogens (tertiary/aromatic N) is 1. The minimum absolute atomic E-state index is 0.277. The highest BCUT2D eigenvalue weighted by Gasteiger charge is 2.61. The van der Waals surface area contributed by atoms with Crippen molar-refractivity contribution in [2.45, 2.75) is 88.1 Å². The SMILES string of the molecule is O=C([O-])c1ccc2cc(N(C34CC5CC(CC(C5)C3)C4)C34CC5CC(CC(C5)C3)C4)ccc2c1. The first-order chi connectivity index (χ1) is 16.5. The Morgan fingerprint density at radius 1 is 0.647 bits per heavy atom. The number of aromatic carboxylic acids is 1. The lowest BCUT2D eigenvalue weighted by atomic mass is 9.48. The molecule has 8 aliphatic rings. The highest BCUT2D eigenvalue weighted by molar-refractivity contribution is 5.94. The molecule has 8 aliphatic carbocycles. The first-order valence-corrected chi connectivity index (χ1v) is 14.0. The molecule has 8 bridgehead atoms. The average Bonchev–Trinajstić information content (AvgIpc) is 2.76. The van der Waals surface area contributed by atoms with Crippen molar-refractivity contribution >= 4 is 22.4 Å². The Labute approximate surface area is 202 Å². The van der Waals surface area contributed by atoms with Gasteiger partial charge in [0.2, 0.25) is 0 Å². The quantitative estimate of drug-likeness (QED) is 0.574. The van der Waals surface area contributed by atoms with Gasteiger partial charge in [0, 0.05) is 16.8 Å². The van der Waals surface area contributed by atoms with Crippen LogP contribution >= 0.6 is 0 Å². The highest BCUT2D eigenvalue weighted by Crippen LogP contribution is 2.65. The Morgan fingerprint density at radius 2 is 1.06 bits per heavy atom. The van der Waals surface area contributed by atoms with Gasteiger partial charge in [0.15, 0.2) is 0 Å². The first kappa shape index (κ1) is 20.2. The average molecular weight is 455 g/mol. The van der Waals surface area contributed by atoms with Crippen LogP contribution in [0.2, 0.25) is 0 Å². The molecule has 34 heavy (non-hydrogen) atoms. The van der Waals surface area contributed by atoms with E-state index in [1.54, 1.807) is 12.1 Å². The van der Waals surface area contributed by atoms with Crippen LogP contribution in [0.4, 0.5) is 5.69 Å². The molecule has 0 unspecified atom stereocenters. The third kappa shape index (κ3) is 2.85. The minimum Gasteiger partial charge on any atom is -0.545 e. The van der Waals surface area contributed by atoms with Gasteiger partial charge in [0.05, 0.1) is 5.97 Å². The van der Waals surface area contributed by atoms with E-state index >= 15 is 0 Å². The van der Waals surface area contributed by atoms with E-state index in [4.69, 9.17) is 0 Å². The van der Waals surface area contributed by atoms with E-state index in [0.29, 0.717) is 11.1 Å². The molecule has 10 rings (SSSR count). The van der Waals surface area contributed by atoms with Gasteiger partial charge in [-0.2, -0.15) is 0 Å². The van der Waals surface area contributed by atoms with Crippen molar-refractivity contribution in [2.75, 3.05) is 4.90 Å². The Balaban J connectivity index is 1.28. The molecule has 8 fully saturated rings. The van der Waals surface area contributed by atoms with Crippen LogP contribution in [0.15, 0.2) is 36.4 Å². The number of hydrogen-bond donors (Lipinski definition) is 0. The van der Waals surface area contributed by atoms with Gasteiger partial charge >= 0.3 is 0 Å². The molecule has 0 amide bonds. The van der Waals surface area contributed by atoms with Crippen molar-refractivity contribution in [3.8, 4) is 0 Å². The monoisotopic (exact) mass is 454 g/mol. The summed E-state index contributed by atoms with van der Waals surface area (Å²) >= 11 is 0. The van der Waals surface area contributed by atoms with E-state index in [1.807, 2.05) is 6.07 Å². The van der Waals surface area contributed by atoms with E-state index in [1.165, 1.54) is 88.1 Å². The second-order valence-electron chi connectivity index (χ2n) is 13.7. The van der Waals surface area contributed by atoms with Crippen LogP contribution in [-0.4, -0.2) is 17.0 Å². The molecule has 3 nitrogen and oxygen atoms in total. The Hall–Kier alpha value is -2.03. The van der Waals surface area contributed by atoms with Crippen molar-refractivity contribution in [2.24, 2.45) is 35.5 Å². The zero-order valence-electron chi connectivity index (χ0n) is 20.2. The standard InChI is InChI=1S/C31H37NO2/c33-29(34)27-2-1-26-12-28(4-3-25(26)11-27)32(30-13-19-5-20(14-30)7-21(6-19)15-30)31-16-22-8-23(17-31)10-24(9-22)18-31/h1-4,11-12,19-24H,5-10,13-18H2,(H,33,34)/p-1. The van der Waals surface area contributed by atoms with Gasteiger partial charge < -0.3 is 14.8 Å². The van der Waals surface area contributed by atoms with Gasteiger partial charge in [0.25, 0.3) is 0 Å². The molecule has 0 saturated heterocycles. The summed E-state index contributed by atoms with van der Waals surface area (Å²) in [5, 5.41) is 13.6. The molecule has 0 N–H and O–H groups in total. The number of carbonyl (C=O) groups excluding carboxylic acids is 1. The molecular weight excluding hydrogens is 418 g/mol. The Morgan fingerprint density at radius 3 is 1.50 bits per heavy atom. The predicted molar refractivity (Wildman–Crippen MR) is 133 cm³/mol. The van der Waals surface area contributed by atoms with Crippen LogP contribution in [0.1, 0.15) is 87.4 Å². The topological polar surface area (TPSA) is 43.4 Å². The summed E-state index contributed by atoms with van der Waals surface area (Å²) < 4.78 is 0. The van der Waals surface area contributed by atoms with Crippen LogP contribution in [-0.2, 0) is 0 Å². The van der Waals surface area contributed by atoms with Gasteiger partial charge in [-0.1, -0.05) is 18.2 Å². The summed E-state index contributed by atoms with van der Waals surface area (Å²) in [4.78, 5) is 14.5. The second kappa shape index (κ2) is 6.80. The molecule has 0 aliphatic heterocycles. The maximum atomic E-state index is 11.4. The largest absolute Gasteiger partial charge is 0.545 e. The summed E-state index contributed by atoms with van der Waals surface area (Å²) in [6.07, 6.45) is 17.3. The van der Waals surface area contributed by atoms with E-state index in [2.05, 4.69) is 23.1 Å². The van der Waals surface area contributed by atoms with E-state index in [9.17, 15) is 9.90 Å². The number of anilines is 1. The lowest BCUT2D eigenvalue weighted by molar-refractivity contribution is -0.255. The molecule has 0 spiro atoms. The summed E-state index contributed by atoms with van der Waals surface area (Å²) in [5.41, 5.74) is 2.40. The fourth-order valence-corrected chi connectivity index (χ4v) is 11.2. The number of carbonyl (C=O) groups is 1. The van der Waals surface area contributed by atoms with Crippen LogP contribution in [0.25, 0.3) is 10.8 Å². The number of rotatable bonds is 4. The van der Waals surface area contributed by atoms with E-state index in [0.717, 1.165) is 40.9 Å². The molecule has 0 aromatic heterocycles. The molecule has 0 heterocycles. The molecule has 8 saturated carbocycles. The lowest BCUT2D eigenvalue weighted by Crippen LogP contribution is -2.70. The second-order valence-corrected chi connectivity index (χ2v) is 13.7. The normalized spacial score (nSPS) is 43.5. The fraction of sp³-hybridized carbons (Fsp3) is 0.645. The molecule has 3 heteroatoms. The number of carboxylic acids is 1. The first-order valence-electron chi connectivity index (χ1n) is 14.0. The van der Waals surface area contributed by atoms with Crippen molar-refractivity contribution in [3.63, 3.8) is 0 Å². The molecule has 178 valence electrons. The maximum Gasteiger partial charge on any atom is 0.0715 e. The lowest BCUT2D eigenvalue weighted by Gasteiger charge is -2.69. The number of hydrogen-bond acceptors (Lipinski definition) is 3. The Bertz CT molecular complexity index is 1070. The molecule has 0 radical (unpaired) electrons. The third-order valence-electron chi connectivity index (χ3n) is 11.3. The Kier molecular flexibility index (Phi) is 4.04. The summed E-state index contributed by atoms with van der Waals surface area (Å²) in [6.45, 7) is 0. The fourth-order valence-electron chi connectivity index (χ4n) is 11.2. The van der Waals surface area contributed by atoms with Crippen molar-refractivity contribution < 1.29 is 9.90 Å². The zero-order chi connectivity index (χ0) is 22.7. The van der Waals surface area contributed by atoms with Crippen LogP contribution in [0.5, 0.6) is 0 Å². The van der Waals surface area contributed by atoms with Crippen molar-refractivity contribution in [3.05, 3.63) is 42.0 Å². The van der Waals surface area contributed by atoms with E-state index < -0.39 is 5.97 Å². The van der Waals surface area contributed by atoms with Crippen molar-refractivity contribution in [1.82, 2.24) is 0 Å². The summed E-state index contributed by atoms with van der Waals surface area (Å²) in [7, 11) is 0. The maximum absolute atomic E-state index is 11.4. The molecule has 2 aromatic carbocycles. The molecule has 2 aromatic rings. The number of benzene rings is 2. The summed E-state index contributed by atoms with van der Waals surface area (Å²) in [6, 6.07) is 12.5. The predicted octanol–water partition coefficient (Wildman–Crippen LogP) is 5.95. The van der Waals surface area contributed by atoms with Gasteiger partial charge in [-0.25, -0.2) is 0 Å².